The normalized spacial score (nSPS) is 18.6. The summed E-state index contributed by atoms with van der Waals surface area (Å²) < 4.78 is 48.3. The summed E-state index contributed by atoms with van der Waals surface area (Å²) >= 11 is 0. The van der Waals surface area contributed by atoms with Crippen molar-refractivity contribution in [1.82, 2.24) is 15.5 Å². The summed E-state index contributed by atoms with van der Waals surface area (Å²) in [5.74, 6) is -0.0684. The predicted molar refractivity (Wildman–Crippen MR) is 159 cm³/mol. The maximum atomic E-state index is 13.5. The number of amides is 3. The molecule has 3 aromatic rings. The van der Waals surface area contributed by atoms with Gasteiger partial charge >= 0.3 is 0 Å². The molecule has 3 aromatic carbocycles. The molecule has 3 aliphatic rings. The van der Waals surface area contributed by atoms with Crippen LogP contribution in [0.2, 0.25) is 0 Å². The van der Waals surface area contributed by atoms with Crippen LogP contribution in [0.5, 0.6) is 23.0 Å². The van der Waals surface area contributed by atoms with Gasteiger partial charge in [-0.25, -0.2) is 8.42 Å². The Labute approximate surface area is 255 Å². The van der Waals surface area contributed by atoms with Crippen molar-refractivity contribution in [3.05, 3.63) is 77.9 Å². The van der Waals surface area contributed by atoms with Gasteiger partial charge in [-0.15, -0.1) is 0 Å². The minimum atomic E-state index is -3.66. The highest BCUT2D eigenvalue weighted by atomic mass is 32.2. The first-order chi connectivity index (χ1) is 21.1. The van der Waals surface area contributed by atoms with Crippen LogP contribution >= 0.6 is 0 Å². The highest BCUT2D eigenvalue weighted by molar-refractivity contribution is 7.91. The van der Waals surface area contributed by atoms with Crippen molar-refractivity contribution in [2.24, 2.45) is 0 Å². The molecule has 0 unspecified atom stereocenters. The summed E-state index contributed by atoms with van der Waals surface area (Å²) in [4.78, 5) is 40.8. The summed E-state index contributed by atoms with van der Waals surface area (Å²) in [7, 11) is -0.710. The fourth-order valence-electron chi connectivity index (χ4n) is 5.03. The van der Waals surface area contributed by atoms with E-state index in [1.165, 1.54) is 43.4 Å². The summed E-state index contributed by atoms with van der Waals surface area (Å²) in [5, 5.41) is 5.73. The number of carbonyl (C=O) groups is 3. The average molecular weight is 624 g/mol. The zero-order valence-electron chi connectivity index (χ0n) is 24.3. The summed E-state index contributed by atoms with van der Waals surface area (Å²) in [6.45, 7) is 0.0954. The van der Waals surface area contributed by atoms with E-state index >= 15 is 0 Å². The third-order valence-electron chi connectivity index (χ3n) is 7.39. The van der Waals surface area contributed by atoms with Crippen LogP contribution in [-0.4, -0.2) is 82.9 Å². The van der Waals surface area contributed by atoms with E-state index in [0.29, 0.717) is 22.8 Å². The molecule has 44 heavy (non-hydrogen) atoms. The second-order valence-corrected chi connectivity index (χ2v) is 12.5. The standard InChI is InChI=1S/C31H33N3O9S/c1-40-23-12-21-13-24(14-23)42-19-29(35)32-16-20-8-9-22(15-27(20)41-2)43-28-18-34(17-26(28)33-31(21)37)30(36)10-11-44(38,39)25-6-4-3-5-7-25/h3-9,12-15,26,28H,10-11,16-19H2,1-2H3,(H,32,35)(H,33,37)/t26-,28-/m0/s1. The number of hydrogen-bond acceptors (Lipinski definition) is 9. The Balaban J connectivity index is 1.40. The Morgan fingerprint density at radius 1 is 0.977 bits per heavy atom. The average Bonchev–Trinajstić information content (AvgIpc) is 3.43. The van der Waals surface area contributed by atoms with Gasteiger partial charge < -0.3 is 34.5 Å². The quantitative estimate of drug-likeness (QED) is 0.420. The van der Waals surface area contributed by atoms with Gasteiger partial charge in [-0.3, -0.25) is 14.4 Å². The first-order valence-corrected chi connectivity index (χ1v) is 15.6. The molecule has 6 rings (SSSR count). The molecule has 0 aliphatic carbocycles. The van der Waals surface area contributed by atoms with E-state index in [-0.39, 0.29) is 66.4 Å². The number of hydrogen-bond donors (Lipinski definition) is 2. The lowest BCUT2D eigenvalue weighted by molar-refractivity contribution is -0.130. The van der Waals surface area contributed by atoms with Gasteiger partial charge in [0.1, 0.15) is 29.1 Å². The lowest BCUT2D eigenvalue weighted by Gasteiger charge is -2.22. The second-order valence-electron chi connectivity index (χ2n) is 10.4. The molecular formula is C31H33N3O9S. The van der Waals surface area contributed by atoms with Crippen LogP contribution in [0.3, 0.4) is 0 Å². The Morgan fingerprint density at radius 3 is 2.52 bits per heavy atom. The maximum Gasteiger partial charge on any atom is 0.258 e. The molecule has 2 N–H and O–H groups in total. The number of rotatable bonds is 6. The van der Waals surface area contributed by atoms with Gasteiger partial charge in [-0.2, -0.15) is 0 Å². The van der Waals surface area contributed by atoms with Gasteiger partial charge in [0.05, 0.1) is 37.5 Å². The minimum Gasteiger partial charge on any atom is -0.497 e. The predicted octanol–water partition coefficient (Wildman–Crippen LogP) is 1.96. The number of sulfone groups is 1. The van der Waals surface area contributed by atoms with E-state index in [1.807, 2.05) is 0 Å². The zero-order valence-corrected chi connectivity index (χ0v) is 25.1. The molecule has 0 saturated carbocycles. The highest BCUT2D eigenvalue weighted by Crippen LogP contribution is 2.28. The number of methoxy groups -OCH3 is 2. The molecule has 3 aliphatic heterocycles. The van der Waals surface area contributed by atoms with Crippen LogP contribution in [0.25, 0.3) is 0 Å². The van der Waals surface area contributed by atoms with Crippen LogP contribution in [0.15, 0.2) is 71.6 Å². The van der Waals surface area contributed by atoms with Crippen LogP contribution in [0, 0.1) is 0 Å². The van der Waals surface area contributed by atoms with Crippen LogP contribution in [0.4, 0.5) is 0 Å². The first kappa shape index (κ1) is 30.7. The highest BCUT2D eigenvalue weighted by Gasteiger charge is 2.38. The first-order valence-electron chi connectivity index (χ1n) is 13.9. The molecule has 12 nitrogen and oxygen atoms in total. The van der Waals surface area contributed by atoms with E-state index in [0.717, 1.165) is 0 Å². The van der Waals surface area contributed by atoms with E-state index in [4.69, 9.17) is 18.9 Å². The third kappa shape index (κ3) is 7.22. The molecule has 1 saturated heterocycles. The van der Waals surface area contributed by atoms with Crippen molar-refractivity contribution in [1.29, 1.82) is 0 Å². The maximum absolute atomic E-state index is 13.5. The topological polar surface area (TPSA) is 150 Å². The van der Waals surface area contributed by atoms with Gasteiger partial charge in [0.15, 0.2) is 16.4 Å². The van der Waals surface area contributed by atoms with E-state index in [2.05, 4.69) is 10.6 Å². The van der Waals surface area contributed by atoms with Crippen molar-refractivity contribution in [3.8, 4) is 23.0 Å². The number of carbonyl (C=O) groups excluding carboxylic acids is 3. The molecule has 0 spiro atoms. The van der Waals surface area contributed by atoms with Gasteiger partial charge in [0.2, 0.25) is 5.91 Å². The second kappa shape index (κ2) is 13.2. The molecule has 13 heteroatoms. The van der Waals surface area contributed by atoms with Crippen LogP contribution in [0.1, 0.15) is 22.3 Å². The fourth-order valence-corrected chi connectivity index (χ4v) is 6.28. The van der Waals surface area contributed by atoms with Gasteiger partial charge in [-0.05, 0) is 36.4 Å². The lowest BCUT2D eigenvalue weighted by Crippen LogP contribution is -2.45. The molecule has 3 amide bonds. The SMILES string of the molecule is COc1cc2cc(c1)C(=O)N[C@H]1CN(C(=O)CCS(=O)(=O)c3ccccc3)C[C@@H]1Oc1ccc(c(OC)c1)CNC(=O)CO2. The number of nitrogens with zero attached hydrogens (tertiary/aromatic N) is 1. The van der Waals surface area contributed by atoms with Crippen LogP contribution < -0.4 is 29.6 Å². The molecule has 0 aromatic heterocycles. The van der Waals surface area contributed by atoms with Crippen molar-refractivity contribution in [2.45, 2.75) is 30.0 Å². The van der Waals surface area contributed by atoms with Crippen LogP contribution in [-0.2, 0) is 26.0 Å². The monoisotopic (exact) mass is 623 g/mol. The smallest absolute Gasteiger partial charge is 0.258 e. The van der Waals surface area contributed by atoms with Crippen molar-refractivity contribution >= 4 is 27.6 Å². The molecule has 1 fully saturated rings. The summed E-state index contributed by atoms with van der Waals surface area (Å²) in [6.07, 6.45) is -0.893. The molecular weight excluding hydrogens is 590 g/mol. The largest absolute Gasteiger partial charge is 0.497 e. The lowest BCUT2D eigenvalue weighted by atomic mass is 10.1. The minimum absolute atomic E-state index is 0.0988. The van der Waals surface area contributed by atoms with E-state index < -0.39 is 27.9 Å². The number of likely N-dealkylation sites (tertiary alicyclic amines) is 1. The summed E-state index contributed by atoms with van der Waals surface area (Å²) in [5.41, 5.74) is 0.918. The zero-order chi connectivity index (χ0) is 31.3. The van der Waals surface area contributed by atoms with Gasteiger partial charge in [0.25, 0.3) is 11.8 Å². The molecule has 0 radical (unpaired) electrons. The van der Waals surface area contributed by atoms with E-state index in [1.54, 1.807) is 42.5 Å². The Bertz CT molecular complexity index is 1650. The molecule has 2 atom stereocenters. The number of fused-ring (bicyclic) bond motifs is 7. The third-order valence-corrected chi connectivity index (χ3v) is 9.12. The molecule has 4 bridgehead atoms. The van der Waals surface area contributed by atoms with Gasteiger partial charge in [-0.1, -0.05) is 18.2 Å². The Hall–Kier alpha value is -4.78. The van der Waals surface area contributed by atoms with Crippen molar-refractivity contribution in [3.63, 3.8) is 0 Å². The number of nitrogens with one attached hydrogen (secondary N) is 2. The summed E-state index contributed by atoms with van der Waals surface area (Å²) in [6, 6.07) is 17.0. The van der Waals surface area contributed by atoms with Gasteiger partial charge in [0, 0.05) is 42.8 Å². The van der Waals surface area contributed by atoms with Crippen molar-refractivity contribution in [2.75, 3.05) is 39.7 Å². The van der Waals surface area contributed by atoms with Crippen molar-refractivity contribution < 1.29 is 41.7 Å². The molecule has 3 heterocycles. The fraction of sp³-hybridized carbons (Fsp3) is 0.323. The number of benzene rings is 3. The Kier molecular flexibility index (Phi) is 9.23. The van der Waals surface area contributed by atoms with E-state index in [9.17, 15) is 22.8 Å². The Morgan fingerprint density at radius 2 is 1.77 bits per heavy atom. The molecule has 232 valence electrons. The number of ether oxygens (including phenoxy) is 4.